The average molecular weight is 210 g/mol. The summed E-state index contributed by atoms with van der Waals surface area (Å²) in [5.74, 6) is 0.510. The van der Waals surface area contributed by atoms with Crippen LogP contribution in [0.25, 0.3) is 0 Å². The third-order valence-electron chi connectivity index (χ3n) is 2.61. The Bertz CT molecular complexity index is 337. The molecule has 0 aliphatic carbocycles. The molecule has 1 aromatic carbocycles. The van der Waals surface area contributed by atoms with Crippen molar-refractivity contribution in [2.75, 3.05) is 26.7 Å². The van der Waals surface area contributed by atoms with Crippen molar-refractivity contribution < 1.29 is 9.13 Å². The second-order valence-electron chi connectivity index (χ2n) is 3.60. The zero-order valence-electron chi connectivity index (χ0n) is 8.72. The van der Waals surface area contributed by atoms with E-state index in [2.05, 4.69) is 10.6 Å². The zero-order valence-corrected chi connectivity index (χ0v) is 8.72. The molecule has 0 bridgehead atoms. The Kier molecular flexibility index (Phi) is 3.18. The van der Waals surface area contributed by atoms with Crippen LogP contribution in [0.2, 0.25) is 0 Å². The van der Waals surface area contributed by atoms with Crippen molar-refractivity contribution in [1.29, 1.82) is 0 Å². The highest BCUT2D eigenvalue weighted by Crippen LogP contribution is 2.26. The van der Waals surface area contributed by atoms with E-state index in [4.69, 9.17) is 4.74 Å². The van der Waals surface area contributed by atoms with Crippen LogP contribution in [-0.2, 0) is 0 Å². The Balaban J connectivity index is 2.27. The molecule has 1 aliphatic rings. The molecule has 1 aliphatic heterocycles. The number of hydrogen-bond donors (Lipinski definition) is 2. The van der Waals surface area contributed by atoms with Gasteiger partial charge in [-0.1, -0.05) is 0 Å². The maximum Gasteiger partial charge on any atom is 0.123 e. The summed E-state index contributed by atoms with van der Waals surface area (Å²) in [6.45, 7) is 2.65. The Hall–Kier alpha value is -1.13. The van der Waals surface area contributed by atoms with Crippen molar-refractivity contribution in [2.45, 2.75) is 6.04 Å². The van der Waals surface area contributed by atoms with Crippen LogP contribution in [0.3, 0.4) is 0 Å². The van der Waals surface area contributed by atoms with Crippen LogP contribution in [0.4, 0.5) is 4.39 Å². The van der Waals surface area contributed by atoms with Gasteiger partial charge in [0.2, 0.25) is 0 Å². The van der Waals surface area contributed by atoms with Crippen LogP contribution < -0.4 is 15.4 Å². The number of piperazine rings is 1. The highest BCUT2D eigenvalue weighted by atomic mass is 19.1. The maximum atomic E-state index is 13.1. The van der Waals surface area contributed by atoms with E-state index < -0.39 is 0 Å². The van der Waals surface area contributed by atoms with Crippen LogP contribution in [-0.4, -0.2) is 26.7 Å². The molecular formula is C11H15FN2O. The third kappa shape index (κ3) is 2.27. The van der Waals surface area contributed by atoms with Gasteiger partial charge in [0, 0.05) is 31.2 Å². The molecule has 1 atom stereocenters. The van der Waals surface area contributed by atoms with E-state index in [1.807, 2.05) is 0 Å². The van der Waals surface area contributed by atoms with Gasteiger partial charge in [-0.25, -0.2) is 4.39 Å². The van der Waals surface area contributed by atoms with Crippen LogP contribution in [0, 0.1) is 5.82 Å². The second kappa shape index (κ2) is 4.59. The maximum absolute atomic E-state index is 13.1. The molecule has 0 spiro atoms. The van der Waals surface area contributed by atoms with E-state index in [9.17, 15) is 4.39 Å². The van der Waals surface area contributed by atoms with Crippen LogP contribution in [0.15, 0.2) is 18.2 Å². The van der Waals surface area contributed by atoms with Crippen molar-refractivity contribution in [3.05, 3.63) is 29.6 Å². The molecule has 2 N–H and O–H groups in total. The predicted molar refractivity (Wildman–Crippen MR) is 56.6 cm³/mol. The first-order chi connectivity index (χ1) is 7.31. The molecule has 0 radical (unpaired) electrons. The van der Waals surface area contributed by atoms with Gasteiger partial charge in [0.05, 0.1) is 7.11 Å². The minimum atomic E-state index is -0.224. The molecule has 1 fully saturated rings. The Morgan fingerprint density at radius 1 is 1.40 bits per heavy atom. The van der Waals surface area contributed by atoms with Gasteiger partial charge in [-0.3, -0.25) is 0 Å². The van der Waals surface area contributed by atoms with Crippen molar-refractivity contribution in [1.82, 2.24) is 10.6 Å². The smallest absolute Gasteiger partial charge is 0.123 e. The van der Waals surface area contributed by atoms with Crippen LogP contribution >= 0.6 is 0 Å². The number of rotatable bonds is 2. The molecule has 0 aromatic heterocycles. The minimum Gasteiger partial charge on any atom is -0.496 e. The van der Waals surface area contributed by atoms with E-state index in [0.717, 1.165) is 30.9 Å². The Morgan fingerprint density at radius 2 is 2.27 bits per heavy atom. The highest BCUT2D eigenvalue weighted by Gasteiger charge is 2.18. The number of nitrogens with one attached hydrogen (secondary N) is 2. The SMILES string of the molecule is COc1ccc(F)cc1C1CNCCN1. The molecular weight excluding hydrogens is 195 g/mol. The van der Waals surface area contributed by atoms with Gasteiger partial charge in [-0.15, -0.1) is 0 Å². The normalized spacial score (nSPS) is 21.3. The molecule has 3 nitrogen and oxygen atoms in total. The number of ether oxygens (including phenoxy) is 1. The zero-order chi connectivity index (χ0) is 10.7. The summed E-state index contributed by atoms with van der Waals surface area (Å²) in [6.07, 6.45) is 0. The first kappa shape index (κ1) is 10.4. The molecule has 1 unspecified atom stereocenters. The summed E-state index contributed by atoms with van der Waals surface area (Å²) in [7, 11) is 1.60. The second-order valence-corrected chi connectivity index (χ2v) is 3.60. The fourth-order valence-electron chi connectivity index (χ4n) is 1.85. The van der Waals surface area contributed by atoms with Crippen LogP contribution in [0.1, 0.15) is 11.6 Å². The number of hydrogen-bond acceptors (Lipinski definition) is 3. The highest BCUT2D eigenvalue weighted by molar-refractivity contribution is 5.37. The first-order valence-corrected chi connectivity index (χ1v) is 5.09. The van der Waals surface area contributed by atoms with Gasteiger partial charge in [0.15, 0.2) is 0 Å². The Morgan fingerprint density at radius 3 is 2.93 bits per heavy atom. The van der Waals surface area contributed by atoms with E-state index in [0.29, 0.717) is 0 Å². The fourth-order valence-corrected chi connectivity index (χ4v) is 1.85. The first-order valence-electron chi connectivity index (χ1n) is 5.09. The lowest BCUT2D eigenvalue weighted by molar-refractivity contribution is 0.380. The van der Waals surface area contributed by atoms with E-state index in [-0.39, 0.29) is 11.9 Å². The number of benzene rings is 1. The van der Waals surface area contributed by atoms with Gasteiger partial charge < -0.3 is 15.4 Å². The van der Waals surface area contributed by atoms with Gasteiger partial charge in [-0.05, 0) is 18.2 Å². The lowest BCUT2D eigenvalue weighted by atomic mass is 10.0. The minimum absolute atomic E-state index is 0.129. The fraction of sp³-hybridized carbons (Fsp3) is 0.455. The van der Waals surface area contributed by atoms with E-state index in [1.54, 1.807) is 13.2 Å². The van der Waals surface area contributed by atoms with Crippen molar-refractivity contribution in [2.24, 2.45) is 0 Å². The lowest BCUT2D eigenvalue weighted by Gasteiger charge is -2.26. The van der Waals surface area contributed by atoms with Gasteiger partial charge in [0.25, 0.3) is 0 Å². The lowest BCUT2D eigenvalue weighted by Crippen LogP contribution is -2.42. The number of methoxy groups -OCH3 is 1. The number of halogens is 1. The van der Waals surface area contributed by atoms with E-state index >= 15 is 0 Å². The quantitative estimate of drug-likeness (QED) is 0.766. The standard InChI is InChI=1S/C11H15FN2O/c1-15-11-3-2-8(12)6-9(11)10-7-13-4-5-14-10/h2-3,6,10,13-14H,4-5,7H2,1H3. The predicted octanol–water partition coefficient (Wildman–Crippen LogP) is 1.07. The molecule has 1 heterocycles. The molecule has 1 saturated heterocycles. The van der Waals surface area contributed by atoms with Crippen molar-refractivity contribution >= 4 is 0 Å². The molecule has 82 valence electrons. The van der Waals surface area contributed by atoms with Gasteiger partial charge in [-0.2, -0.15) is 0 Å². The van der Waals surface area contributed by atoms with Crippen molar-refractivity contribution in [3.63, 3.8) is 0 Å². The molecule has 1 aromatic rings. The molecule has 0 amide bonds. The summed E-state index contributed by atoms with van der Waals surface area (Å²) in [5, 5.41) is 6.59. The van der Waals surface area contributed by atoms with Gasteiger partial charge >= 0.3 is 0 Å². The third-order valence-corrected chi connectivity index (χ3v) is 2.61. The average Bonchev–Trinajstić information content (AvgIpc) is 2.30. The molecule has 4 heteroatoms. The summed E-state index contributed by atoms with van der Waals surface area (Å²) < 4.78 is 18.4. The monoisotopic (exact) mass is 210 g/mol. The summed E-state index contributed by atoms with van der Waals surface area (Å²) in [6, 6.07) is 4.74. The van der Waals surface area contributed by atoms with Crippen molar-refractivity contribution in [3.8, 4) is 5.75 Å². The van der Waals surface area contributed by atoms with Gasteiger partial charge in [0.1, 0.15) is 11.6 Å². The van der Waals surface area contributed by atoms with E-state index in [1.165, 1.54) is 12.1 Å². The largest absolute Gasteiger partial charge is 0.496 e. The topological polar surface area (TPSA) is 33.3 Å². The molecule has 0 saturated carbocycles. The summed E-state index contributed by atoms with van der Waals surface area (Å²) in [4.78, 5) is 0. The van der Waals surface area contributed by atoms with Crippen LogP contribution in [0.5, 0.6) is 5.75 Å². The Labute approximate surface area is 88.6 Å². The summed E-state index contributed by atoms with van der Waals surface area (Å²) >= 11 is 0. The molecule has 2 rings (SSSR count). The molecule has 15 heavy (non-hydrogen) atoms. The summed E-state index contributed by atoms with van der Waals surface area (Å²) in [5.41, 5.74) is 0.879.